The molecule has 1 atom stereocenters. The molecule has 0 saturated carbocycles. The van der Waals surface area contributed by atoms with Crippen molar-refractivity contribution in [2.45, 2.75) is 23.5 Å². The van der Waals surface area contributed by atoms with Crippen LogP contribution in [0, 0.1) is 5.82 Å². The highest BCUT2D eigenvalue weighted by atomic mass is 32.2. The number of halogens is 4. The monoisotopic (exact) mass is 462 g/mol. The topological polar surface area (TPSA) is 15.7 Å². The summed E-state index contributed by atoms with van der Waals surface area (Å²) in [5, 5.41) is 0. The minimum atomic E-state index is -4.57. The van der Waals surface area contributed by atoms with Gasteiger partial charge in [0.1, 0.15) is 11.6 Å². The summed E-state index contributed by atoms with van der Waals surface area (Å²) >= 11 is 1.38. The molecule has 0 spiro atoms. The maximum Gasteiger partial charge on any atom is 0.420 e. The van der Waals surface area contributed by atoms with Crippen LogP contribution in [0.5, 0.6) is 5.75 Å². The predicted octanol–water partition coefficient (Wildman–Crippen LogP) is 6.56. The summed E-state index contributed by atoms with van der Waals surface area (Å²) in [7, 11) is 3.17. The first-order valence-electron chi connectivity index (χ1n) is 10.0. The molecule has 3 nitrogen and oxygen atoms in total. The highest BCUT2D eigenvalue weighted by molar-refractivity contribution is 7.97. The van der Waals surface area contributed by atoms with Crippen LogP contribution in [0.1, 0.15) is 11.1 Å². The van der Waals surface area contributed by atoms with Crippen LogP contribution in [0.3, 0.4) is 0 Å². The van der Waals surface area contributed by atoms with Crippen molar-refractivity contribution >= 4 is 23.3 Å². The van der Waals surface area contributed by atoms with Gasteiger partial charge in [-0.15, -0.1) is 0 Å². The zero-order valence-electron chi connectivity index (χ0n) is 17.6. The minimum Gasteiger partial charge on any atom is -0.496 e. The summed E-state index contributed by atoms with van der Waals surface area (Å²) in [6, 6.07) is 18.3. The van der Waals surface area contributed by atoms with Gasteiger partial charge < -0.3 is 9.64 Å². The molecule has 8 heteroatoms. The Morgan fingerprint density at radius 3 is 2.34 bits per heavy atom. The molecule has 0 fully saturated rings. The molecule has 0 N–H and O–H groups in total. The average molecular weight is 463 g/mol. The van der Waals surface area contributed by atoms with E-state index < -0.39 is 17.6 Å². The van der Waals surface area contributed by atoms with E-state index in [1.54, 1.807) is 12.1 Å². The fourth-order valence-electron chi connectivity index (χ4n) is 3.82. The largest absolute Gasteiger partial charge is 0.496 e. The molecule has 0 amide bonds. The Morgan fingerprint density at radius 1 is 1.03 bits per heavy atom. The van der Waals surface area contributed by atoms with Gasteiger partial charge in [0.15, 0.2) is 0 Å². The third-order valence-corrected chi connectivity index (χ3v) is 6.59. The van der Waals surface area contributed by atoms with E-state index in [1.165, 1.54) is 37.3 Å². The number of alkyl halides is 3. The molecule has 1 aliphatic rings. The van der Waals surface area contributed by atoms with Crippen molar-refractivity contribution in [3.05, 3.63) is 83.7 Å². The van der Waals surface area contributed by atoms with Crippen molar-refractivity contribution < 1.29 is 22.3 Å². The number of anilines is 2. The number of rotatable bonds is 4. The summed E-state index contributed by atoms with van der Waals surface area (Å²) in [5.74, 6) is -0.625. The van der Waals surface area contributed by atoms with E-state index in [4.69, 9.17) is 4.74 Å². The van der Waals surface area contributed by atoms with Gasteiger partial charge in [-0.3, -0.25) is 0 Å². The van der Waals surface area contributed by atoms with Gasteiger partial charge in [-0.05, 0) is 67.4 Å². The van der Waals surface area contributed by atoms with Gasteiger partial charge in [-0.2, -0.15) is 13.2 Å². The van der Waals surface area contributed by atoms with Gasteiger partial charge in [0, 0.05) is 18.3 Å². The van der Waals surface area contributed by atoms with Crippen molar-refractivity contribution in [2.75, 3.05) is 25.6 Å². The Hall–Kier alpha value is -2.71. The van der Waals surface area contributed by atoms with E-state index >= 15 is 0 Å². The van der Waals surface area contributed by atoms with Crippen LogP contribution >= 0.6 is 11.9 Å². The molecule has 3 aromatic rings. The Bertz CT molecular complexity index is 1070. The van der Waals surface area contributed by atoms with Gasteiger partial charge >= 0.3 is 6.18 Å². The number of methoxy groups -OCH3 is 1. The molecule has 3 aromatic carbocycles. The second-order valence-corrected chi connectivity index (χ2v) is 8.78. The van der Waals surface area contributed by atoms with E-state index in [-0.39, 0.29) is 11.8 Å². The maximum absolute atomic E-state index is 13.8. The molecule has 32 heavy (non-hydrogen) atoms. The minimum absolute atomic E-state index is 0.0137. The fourth-order valence-corrected chi connectivity index (χ4v) is 4.85. The van der Waals surface area contributed by atoms with Gasteiger partial charge in [-0.25, -0.2) is 8.70 Å². The number of likely N-dealkylation sites (N-methyl/N-ethyl adjacent to an activating group) is 1. The summed E-state index contributed by atoms with van der Waals surface area (Å²) in [5.41, 5.74) is 1.33. The van der Waals surface area contributed by atoms with Gasteiger partial charge in [0.25, 0.3) is 0 Å². The summed E-state index contributed by atoms with van der Waals surface area (Å²) in [4.78, 5) is 2.46. The molecule has 4 rings (SSSR count). The smallest absolute Gasteiger partial charge is 0.420 e. The number of fused-ring (bicyclic) bond motifs is 1. The van der Waals surface area contributed by atoms with E-state index in [0.717, 1.165) is 11.6 Å². The van der Waals surface area contributed by atoms with Crippen LogP contribution in [0.25, 0.3) is 0 Å². The van der Waals surface area contributed by atoms with Gasteiger partial charge in [-0.1, -0.05) is 30.3 Å². The standard InChI is InChI=1S/C24H22F4N2OS/c1-29-19(12-16-6-4-3-5-7-16)15-30(18-10-8-17(25)9-11-18)21-13-20(24(26,27)28)22(31-2)14-23(21)32-29/h3-11,13-14,19H,12,15H2,1-2H3/t19-/m1/s1. The molecule has 0 unspecified atom stereocenters. The van der Waals surface area contributed by atoms with Gasteiger partial charge in [0.2, 0.25) is 0 Å². The number of benzene rings is 3. The van der Waals surface area contributed by atoms with Crippen molar-refractivity contribution in [3.8, 4) is 5.75 Å². The first-order chi connectivity index (χ1) is 15.3. The molecule has 1 aliphatic heterocycles. The molecule has 0 saturated heterocycles. The Labute approximate surface area is 188 Å². The van der Waals surface area contributed by atoms with Crippen LogP contribution in [0.2, 0.25) is 0 Å². The maximum atomic E-state index is 13.8. The van der Waals surface area contributed by atoms with Crippen molar-refractivity contribution in [3.63, 3.8) is 0 Å². The summed E-state index contributed by atoms with van der Waals surface area (Å²) in [6.45, 7) is 0.431. The normalized spacial score (nSPS) is 17.1. The van der Waals surface area contributed by atoms with Crippen molar-refractivity contribution in [2.24, 2.45) is 0 Å². The lowest BCUT2D eigenvalue weighted by Gasteiger charge is -2.30. The molecule has 0 aromatic heterocycles. The average Bonchev–Trinajstić information content (AvgIpc) is 2.89. The van der Waals surface area contributed by atoms with Crippen LogP contribution in [0.4, 0.5) is 28.9 Å². The number of ether oxygens (including phenoxy) is 1. The fraction of sp³-hybridized carbons (Fsp3) is 0.250. The number of nitrogens with zero attached hydrogens (tertiary/aromatic N) is 2. The number of hydrogen-bond donors (Lipinski definition) is 0. The second kappa shape index (κ2) is 9.03. The second-order valence-electron chi connectivity index (χ2n) is 7.59. The molecule has 168 valence electrons. The predicted molar refractivity (Wildman–Crippen MR) is 119 cm³/mol. The van der Waals surface area contributed by atoms with Crippen molar-refractivity contribution in [1.82, 2.24) is 4.31 Å². The van der Waals surface area contributed by atoms with E-state index in [1.807, 2.05) is 42.3 Å². The van der Waals surface area contributed by atoms with Crippen LogP contribution < -0.4 is 9.64 Å². The third kappa shape index (κ3) is 4.71. The SMILES string of the molecule is COc1cc2c(cc1C(F)(F)F)N(c1ccc(F)cc1)C[C@@H](Cc1ccccc1)N(C)S2. The molecule has 0 aliphatic carbocycles. The first-order valence-corrected chi connectivity index (χ1v) is 10.8. The van der Waals surface area contributed by atoms with E-state index in [0.29, 0.717) is 29.2 Å². The summed E-state index contributed by atoms with van der Waals surface area (Å²) in [6.07, 6.45) is -3.86. The van der Waals surface area contributed by atoms with Crippen LogP contribution in [0.15, 0.2) is 71.6 Å². The highest BCUT2D eigenvalue weighted by Crippen LogP contribution is 2.47. The molecule has 0 radical (unpaired) electrons. The lowest BCUT2D eigenvalue weighted by atomic mass is 10.0. The highest BCUT2D eigenvalue weighted by Gasteiger charge is 2.37. The molecular weight excluding hydrogens is 440 g/mol. The lowest BCUT2D eigenvalue weighted by Crippen LogP contribution is -2.37. The molecule has 1 heterocycles. The summed E-state index contributed by atoms with van der Waals surface area (Å²) < 4.78 is 62.0. The van der Waals surface area contributed by atoms with E-state index in [9.17, 15) is 17.6 Å². The quantitative estimate of drug-likeness (QED) is 0.322. The Kier molecular flexibility index (Phi) is 6.35. The van der Waals surface area contributed by atoms with Gasteiger partial charge in [0.05, 0.1) is 23.3 Å². The number of hydrogen-bond acceptors (Lipinski definition) is 4. The zero-order chi connectivity index (χ0) is 22.9. The zero-order valence-corrected chi connectivity index (χ0v) is 18.4. The Balaban J connectivity index is 1.82. The van der Waals surface area contributed by atoms with Crippen LogP contribution in [-0.2, 0) is 12.6 Å². The lowest BCUT2D eigenvalue weighted by molar-refractivity contribution is -0.138. The Morgan fingerprint density at radius 2 is 1.72 bits per heavy atom. The first kappa shape index (κ1) is 22.5. The molecule has 0 bridgehead atoms. The third-order valence-electron chi connectivity index (χ3n) is 5.48. The molecular formula is C24H22F4N2OS. The van der Waals surface area contributed by atoms with Crippen molar-refractivity contribution in [1.29, 1.82) is 0 Å². The van der Waals surface area contributed by atoms with E-state index in [2.05, 4.69) is 4.31 Å². The van der Waals surface area contributed by atoms with Crippen LogP contribution in [-0.4, -0.2) is 31.0 Å².